The lowest BCUT2D eigenvalue weighted by atomic mass is 10.0. The Morgan fingerprint density at radius 2 is 2.14 bits per heavy atom. The molecule has 2 N–H and O–H groups in total. The lowest BCUT2D eigenvalue weighted by Gasteiger charge is -2.36. The Bertz CT molecular complexity index is 648. The van der Waals surface area contributed by atoms with Gasteiger partial charge in [-0.1, -0.05) is 0 Å². The molecule has 1 aliphatic rings. The topological polar surface area (TPSA) is 86.8 Å². The standard InChI is InChI=1S/C15H20N6O/c1-11-8-16-15(17-9-11)18-10-12-4-2-3-7-21(12)13-5-6-14(22)20-19-13/h5-6,8-9,12H,2-4,7,10H2,1H3,(H,20,22)(H,16,17,18). The third-order valence-corrected chi connectivity index (χ3v) is 3.86. The first-order chi connectivity index (χ1) is 10.7. The van der Waals surface area contributed by atoms with Gasteiger partial charge >= 0.3 is 0 Å². The van der Waals surface area contributed by atoms with E-state index in [1.54, 1.807) is 18.5 Å². The first-order valence-corrected chi connectivity index (χ1v) is 7.57. The van der Waals surface area contributed by atoms with Crippen LogP contribution < -0.4 is 15.8 Å². The molecule has 1 saturated heterocycles. The summed E-state index contributed by atoms with van der Waals surface area (Å²) in [5, 5.41) is 9.94. The van der Waals surface area contributed by atoms with Gasteiger partial charge in [0.15, 0.2) is 0 Å². The zero-order valence-electron chi connectivity index (χ0n) is 12.6. The van der Waals surface area contributed by atoms with Crippen LogP contribution in [0.1, 0.15) is 24.8 Å². The lowest BCUT2D eigenvalue weighted by Crippen LogP contribution is -2.44. The number of rotatable bonds is 4. The average molecular weight is 300 g/mol. The minimum atomic E-state index is -0.177. The van der Waals surface area contributed by atoms with Crippen LogP contribution in [0.2, 0.25) is 0 Å². The monoisotopic (exact) mass is 300 g/mol. The van der Waals surface area contributed by atoms with E-state index in [-0.39, 0.29) is 5.56 Å². The second kappa shape index (κ2) is 6.55. The number of nitrogens with zero attached hydrogens (tertiary/aromatic N) is 4. The van der Waals surface area contributed by atoms with Crippen LogP contribution in [-0.2, 0) is 0 Å². The highest BCUT2D eigenvalue weighted by molar-refractivity contribution is 5.39. The molecular weight excluding hydrogens is 280 g/mol. The number of nitrogens with one attached hydrogen (secondary N) is 2. The molecule has 1 fully saturated rings. The molecule has 0 aliphatic carbocycles. The van der Waals surface area contributed by atoms with Crippen molar-refractivity contribution in [3.8, 4) is 0 Å². The summed E-state index contributed by atoms with van der Waals surface area (Å²) in [6.07, 6.45) is 7.02. The molecule has 0 saturated carbocycles. The number of anilines is 2. The van der Waals surface area contributed by atoms with Crippen molar-refractivity contribution >= 4 is 11.8 Å². The molecule has 0 radical (unpaired) electrons. The molecule has 7 heteroatoms. The van der Waals surface area contributed by atoms with Crippen molar-refractivity contribution in [1.29, 1.82) is 0 Å². The Kier molecular flexibility index (Phi) is 4.32. The van der Waals surface area contributed by atoms with E-state index in [9.17, 15) is 4.79 Å². The zero-order chi connectivity index (χ0) is 15.4. The summed E-state index contributed by atoms with van der Waals surface area (Å²) >= 11 is 0. The highest BCUT2D eigenvalue weighted by Gasteiger charge is 2.23. The predicted molar refractivity (Wildman–Crippen MR) is 85.1 cm³/mol. The fourth-order valence-corrected chi connectivity index (χ4v) is 2.70. The summed E-state index contributed by atoms with van der Waals surface area (Å²) in [4.78, 5) is 21.9. The highest BCUT2D eigenvalue weighted by Crippen LogP contribution is 2.22. The van der Waals surface area contributed by atoms with E-state index in [0.29, 0.717) is 12.0 Å². The molecule has 0 spiro atoms. The molecule has 3 rings (SSSR count). The molecule has 116 valence electrons. The first-order valence-electron chi connectivity index (χ1n) is 7.57. The van der Waals surface area contributed by atoms with Gasteiger partial charge in [-0.3, -0.25) is 4.79 Å². The van der Waals surface area contributed by atoms with Crippen molar-refractivity contribution in [3.63, 3.8) is 0 Å². The SMILES string of the molecule is Cc1cnc(NCC2CCCCN2c2ccc(=O)[nH]n2)nc1. The normalized spacial score (nSPS) is 18.2. The van der Waals surface area contributed by atoms with Crippen LogP contribution in [0.15, 0.2) is 29.3 Å². The van der Waals surface area contributed by atoms with Crippen LogP contribution in [-0.4, -0.2) is 39.3 Å². The van der Waals surface area contributed by atoms with Gasteiger partial charge in [0, 0.05) is 37.6 Å². The van der Waals surface area contributed by atoms with Crippen LogP contribution in [0.4, 0.5) is 11.8 Å². The fourth-order valence-electron chi connectivity index (χ4n) is 2.70. The van der Waals surface area contributed by atoms with Crippen molar-refractivity contribution in [2.45, 2.75) is 32.2 Å². The summed E-state index contributed by atoms with van der Waals surface area (Å²) in [7, 11) is 0. The second-order valence-corrected chi connectivity index (χ2v) is 5.59. The van der Waals surface area contributed by atoms with E-state index in [4.69, 9.17) is 0 Å². The summed E-state index contributed by atoms with van der Waals surface area (Å²) in [5.41, 5.74) is 0.866. The maximum absolute atomic E-state index is 11.2. The van der Waals surface area contributed by atoms with Gasteiger partial charge in [-0.25, -0.2) is 15.1 Å². The van der Waals surface area contributed by atoms with Gasteiger partial charge in [0.1, 0.15) is 5.82 Å². The fraction of sp³-hybridized carbons (Fsp3) is 0.467. The Balaban J connectivity index is 1.68. The van der Waals surface area contributed by atoms with Gasteiger partial charge in [0.2, 0.25) is 5.95 Å². The van der Waals surface area contributed by atoms with Gasteiger partial charge < -0.3 is 10.2 Å². The molecular formula is C15H20N6O. The minimum absolute atomic E-state index is 0.177. The molecule has 0 amide bonds. The lowest BCUT2D eigenvalue weighted by molar-refractivity contribution is 0.467. The Labute approximate surface area is 128 Å². The van der Waals surface area contributed by atoms with E-state index in [2.05, 4.69) is 30.4 Å². The maximum Gasteiger partial charge on any atom is 0.264 e. The number of aromatic amines is 1. The van der Waals surface area contributed by atoms with Crippen LogP contribution >= 0.6 is 0 Å². The summed E-state index contributed by atoms with van der Waals surface area (Å²) in [6.45, 7) is 3.67. The van der Waals surface area contributed by atoms with Gasteiger partial charge in [0.05, 0.1) is 0 Å². The molecule has 7 nitrogen and oxygen atoms in total. The molecule has 1 aliphatic heterocycles. The summed E-state index contributed by atoms with van der Waals surface area (Å²) < 4.78 is 0. The van der Waals surface area contributed by atoms with E-state index >= 15 is 0 Å². The van der Waals surface area contributed by atoms with Crippen molar-refractivity contribution in [1.82, 2.24) is 20.2 Å². The second-order valence-electron chi connectivity index (χ2n) is 5.59. The third kappa shape index (κ3) is 3.41. The van der Waals surface area contributed by atoms with E-state index in [1.165, 1.54) is 12.5 Å². The molecule has 1 atom stereocenters. The van der Waals surface area contributed by atoms with Crippen LogP contribution in [0.3, 0.4) is 0 Å². The van der Waals surface area contributed by atoms with Crippen LogP contribution in [0, 0.1) is 6.92 Å². The predicted octanol–water partition coefficient (Wildman–Crippen LogP) is 1.34. The Morgan fingerprint density at radius 3 is 2.86 bits per heavy atom. The number of aryl methyl sites for hydroxylation is 1. The van der Waals surface area contributed by atoms with Crippen molar-refractivity contribution in [2.75, 3.05) is 23.3 Å². The van der Waals surface area contributed by atoms with Crippen molar-refractivity contribution in [2.24, 2.45) is 0 Å². The molecule has 22 heavy (non-hydrogen) atoms. The smallest absolute Gasteiger partial charge is 0.264 e. The highest BCUT2D eigenvalue weighted by atomic mass is 16.1. The maximum atomic E-state index is 11.2. The van der Waals surface area contributed by atoms with Gasteiger partial charge in [0.25, 0.3) is 5.56 Å². The van der Waals surface area contributed by atoms with Gasteiger partial charge in [-0.05, 0) is 37.8 Å². The Morgan fingerprint density at radius 1 is 1.32 bits per heavy atom. The zero-order valence-corrected chi connectivity index (χ0v) is 12.6. The van der Waals surface area contributed by atoms with Crippen LogP contribution in [0.25, 0.3) is 0 Å². The van der Waals surface area contributed by atoms with Gasteiger partial charge in [-0.15, -0.1) is 0 Å². The van der Waals surface area contributed by atoms with Crippen molar-refractivity contribution < 1.29 is 0 Å². The summed E-state index contributed by atoms with van der Waals surface area (Å²) in [6, 6.07) is 3.61. The number of H-pyrrole nitrogens is 1. The number of aromatic nitrogens is 4. The minimum Gasteiger partial charge on any atom is -0.352 e. The molecule has 1 unspecified atom stereocenters. The van der Waals surface area contributed by atoms with E-state index in [0.717, 1.165) is 37.3 Å². The van der Waals surface area contributed by atoms with E-state index < -0.39 is 0 Å². The number of piperidine rings is 1. The first kappa shape index (κ1) is 14.5. The van der Waals surface area contributed by atoms with E-state index in [1.807, 2.05) is 6.92 Å². The molecule has 2 aromatic rings. The molecule has 3 heterocycles. The molecule has 2 aromatic heterocycles. The number of hydrogen-bond acceptors (Lipinski definition) is 6. The average Bonchev–Trinajstić information content (AvgIpc) is 2.55. The quantitative estimate of drug-likeness (QED) is 0.886. The van der Waals surface area contributed by atoms with Crippen molar-refractivity contribution in [3.05, 3.63) is 40.4 Å². The summed E-state index contributed by atoms with van der Waals surface area (Å²) in [5.74, 6) is 1.46. The molecule has 0 aromatic carbocycles. The number of hydrogen-bond donors (Lipinski definition) is 2. The third-order valence-electron chi connectivity index (χ3n) is 3.86. The Hall–Kier alpha value is -2.44. The van der Waals surface area contributed by atoms with Crippen LogP contribution in [0.5, 0.6) is 0 Å². The largest absolute Gasteiger partial charge is 0.352 e. The van der Waals surface area contributed by atoms with Gasteiger partial charge in [-0.2, -0.15) is 5.10 Å². The molecule has 0 bridgehead atoms.